The molecule has 0 spiro atoms. The molecule has 1 saturated heterocycles. The van der Waals surface area contributed by atoms with Crippen molar-refractivity contribution >= 4 is 17.5 Å². The van der Waals surface area contributed by atoms with Gasteiger partial charge < -0.3 is 10.0 Å². The van der Waals surface area contributed by atoms with Gasteiger partial charge in [0.25, 0.3) is 5.91 Å². The molecular formula is C12H14ClNO2. The lowest BCUT2D eigenvalue weighted by molar-refractivity contribution is 0.0361. The van der Waals surface area contributed by atoms with Crippen molar-refractivity contribution in [3.05, 3.63) is 34.3 Å². The number of amides is 1. The van der Waals surface area contributed by atoms with Gasteiger partial charge in [0.1, 0.15) is 0 Å². The van der Waals surface area contributed by atoms with Crippen molar-refractivity contribution in [1.29, 1.82) is 0 Å². The minimum Gasteiger partial charge on any atom is -0.396 e. The Labute approximate surface area is 99.6 Å². The van der Waals surface area contributed by atoms with E-state index in [2.05, 4.69) is 0 Å². The smallest absolute Gasteiger partial charge is 0.254 e. The van der Waals surface area contributed by atoms with Crippen LogP contribution in [0.5, 0.6) is 0 Å². The van der Waals surface area contributed by atoms with Crippen LogP contribution in [0.3, 0.4) is 0 Å². The first kappa shape index (κ1) is 11.4. The molecule has 0 aliphatic carbocycles. The van der Waals surface area contributed by atoms with Crippen molar-refractivity contribution in [3.8, 4) is 0 Å². The Hall–Kier alpha value is -1.06. The second-order valence-electron chi connectivity index (χ2n) is 4.17. The highest BCUT2D eigenvalue weighted by Gasteiger charge is 2.31. The highest BCUT2D eigenvalue weighted by atomic mass is 35.5. The summed E-state index contributed by atoms with van der Waals surface area (Å²) in [6.45, 7) is 3.28. The van der Waals surface area contributed by atoms with Crippen LogP contribution in [0.2, 0.25) is 5.02 Å². The summed E-state index contributed by atoms with van der Waals surface area (Å²) in [6, 6.07) is 5.35. The van der Waals surface area contributed by atoms with Gasteiger partial charge in [0.15, 0.2) is 0 Å². The first-order chi connectivity index (χ1) is 7.63. The van der Waals surface area contributed by atoms with Crippen LogP contribution in [0.1, 0.15) is 15.9 Å². The van der Waals surface area contributed by atoms with Gasteiger partial charge in [-0.3, -0.25) is 4.79 Å². The molecule has 0 radical (unpaired) electrons. The van der Waals surface area contributed by atoms with Crippen LogP contribution in [0.25, 0.3) is 0 Å². The maximum Gasteiger partial charge on any atom is 0.254 e. The van der Waals surface area contributed by atoms with Crippen LogP contribution in [0, 0.1) is 12.8 Å². The van der Waals surface area contributed by atoms with Gasteiger partial charge in [-0.15, -0.1) is 0 Å². The maximum atomic E-state index is 12.0. The fraction of sp³-hybridized carbons (Fsp3) is 0.417. The van der Waals surface area contributed by atoms with Gasteiger partial charge in [0, 0.05) is 36.2 Å². The molecule has 1 heterocycles. The van der Waals surface area contributed by atoms with E-state index in [9.17, 15) is 4.79 Å². The molecule has 0 bridgehead atoms. The number of hydrogen-bond acceptors (Lipinski definition) is 2. The molecule has 1 aliphatic heterocycles. The monoisotopic (exact) mass is 239 g/mol. The standard InChI is InChI=1S/C12H14ClNO2/c1-8-10(3-2-4-11(8)13)12(16)14-5-9(6-14)7-15/h2-4,9,15H,5-7H2,1H3. The van der Waals surface area contributed by atoms with E-state index in [0.717, 1.165) is 5.56 Å². The molecule has 16 heavy (non-hydrogen) atoms. The Morgan fingerprint density at radius 1 is 1.56 bits per heavy atom. The number of nitrogens with zero attached hydrogens (tertiary/aromatic N) is 1. The summed E-state index contributed by atoms with van der Waals surface area (Å²) in [4.78, 5) is 13.8. The van der Waals surface area contributed by atoms with E-state index in [4.69, 9.17) is 16.7 Å². The van der Waals surface area contributed by atoms with E-state index in [1.54, 1.807) is 23.1 Å². The topological polar surface area (TPSA) is 40.5 Å². The number of rotatable bonds is 2. The molecule has 0 atom stereocenters. The lowest BCUT2D eigenvalue weighted by atomic mass is 9.98. The molecule has 1 fully saturated rings. The first-order valence-electron chi connectivity index (χ1n) is 5.28. The molecule has 1 amide bonds. The Kier molecular flexibility index (Phi) is 3.17. The summed E-state index contributed by atoms with van der Waals surface area (Å²) >= 11 is 5.97. The number of aliphatic hydroxyl groups excluding tert-OH is 1. The normalized spacial score (nSPS) is 16.1. The van der Waals surface area contributed by atoms with Crippen LogP contribution in [0.4, 0.5) is 0 Å². The largest absolute Gasteiger partial charge is 0.396 e. The molecule has 1 aromatic carbocycles. The number of likely N-dealkylation sites (tertiary alicyclic amines) is 1. The number of benzene rings is 1. The van der Waals surface area contributed by atoms with Gasteiger partial charge in [-0.05, 0) is 24.6 Å². The third-order valence-corrected chi connectivity index (χ3v) is 3.41. The zero-order chi connectivity index (χ0) is 11.7. The van der Waals surface area contributed by atoms with Crippen LogP contribution in [-0.4, -0.2) is 35.6 Å². The average molecular weight is 240 g/mol. The fourth-order valence-corrected chi connectivity index (χ4v) is 2.04. The summed E-state index contributed by atoms with van der Waals surface area (Å²) in [5.41, 5.74) is 1.48. The molecular weight excluding hydrogens is 226 g/mol. The molecule has 4 heteroatoms. The van der Waals surface area contributed by atoms with E-state index in [0.29, 0.717) is 23.7 Å². The predicted octanol–water partition coefficient (Wildman–Crippen LogP) is 1.71. The quantitative estimate of drug-likeness (QED) is 0.854. The average Bonchev–Trinajstić information content (AvgIpc) is 2.20. The Morgan fingerprint density at radius 2 is 2.25 bits per heavy atom. The third kappa shape index (κ3) is 1.93. The molecule has 1 aliphatic rings. The SMILES string of the molecule is Cc1c(Cl)cccc1C(=O)N1CC(CO)C1. The number of halogens is 1. The molecule has 2 rings (SSSR count). The van der Waals surface area contributed by atoms with Crippen molar-refractivity contribution in [1.82, 2.24) is 4.90 Å². The van der Waals surface area contributed by atoms with Crippen molar-refractivity contribution in [2.24, 2.45) is 5.92 Å². The zero-order valence-electron chi connectivity index (χ0n) is 9.11. The van der Waals surface area contributed by atoms with Crippen molar-refractivity contribution in [2.45, 2.75) is 6.92 Å². The first-order valence-corrected chi connectivity index (χ1v) is 5.66. The minimum absolute atomic E-state index is 0.00435. The van der Waals surface area contributed by atoms with Crippen LogP contribution >= 0.6 is 11.6 Å². The van der Waals surface area contributed by atoms with E-state index in [1.165, 1.54) is 0 Å². The van der Waals surface area contributed by atoms with E-state index >= 15 is 0 Å². The van der Waals surface area contributed by atoms with Gasteiger partial charge in [0.2, 0.25) is 0 Å². The van der Waals surface area contributed by atoms with Crippen molar-refractivity contribution in [2.75, 3.05) is 19.7 Å². The minimum atomic E-state index is 0.00435. The van der Waals surface area contributed by atoms with E-state index < -0.39 is 0 Å². The van der Waals surface area contributed by atoms with Gasteiger partial charge >= 0.3 is 0 Å². The van der Waals surface area contributed by atoms with E-state index in [-0.39, 0.29) is 18.4 Å². The second-order valence-corrected chi connectivity index (χ2v) is 4.58. The molecule has 1 aromatic rings. The highest BCUT2D eigenvalue weighted by molar-refractivity contribution is 6.31. The lowest BCUT2D eigenvalue weighted by Gasteiger charge is -2.38. The fourth-order valence-electron chi connectivity index (χ4n) is 1.86. The van der Waals surface area contributed by atoms with Crippen LogP contribution in [-0.2, 0) is 0 Å². The second kappa shape index (κ2) is 4.44. The number of aliphatic hydroxyl groups is 1. The van der Waals surface area contributed by atoms with Gasteiger partial charge in [-0.2, -0.15) is 0 Å². The van der Waals surface area contributed by atoms with Gasteiger partial charge in [-0.1, -0.05) is 17.7 Å². The Balaban J connectivity index is 2.13. The highest BCUT2D eigenvalue weighted by Crippen LogP contribution is 2.23. The number of carbonyl (C=O) groups is 1. The zero-order valence-corrected chi connectivity index (χ0v) is 9.87. The Bertz CT molecular complexity index is 413. The third-order valence-electron chi connectivity index (χ3n) is 3.00. The van der Waals surface area contributed by atoms with Crippen molar-refractivity contribution < 1.29 is 9.90 Å². The van der Waals surface area contributed by atoms with Gasteiger partial charge in [-0.25, -0.2) is 0 Å². The maximum absolute atomic E-state index is 12.0. The summed E-state index contributed by atoms with van der Waals surface area (Å²) in [7, 11) is 0. The summed E-state index contributed by atoms with van der Waals surface area (Å²) < 4.78 is 0. The van der Waals surface area contributed by atoms with E-state index in [1.807, 2.05) is 6.92 Å². The van der Waals surface area contributed by atoms with Gasteiger partial charge in [0.05, 0.1) is 0 Å². The summed E-state index contributed by atoms with van der Waals surface area (Å²) in [6.07, 6.45) is 0. The Morgan fingerprint density at radius 3 is 2.88 bits per heavy atom. The molecule has 86 valence electrons. The molecule has 3 nitrogen and oxygen atoms in total. The van der Waals surface area contributed by atoms with Crippen LogP contribution in [0.15, 0.2) is 18.2 Å². The van der Waals surface area contributed by atoms with Crippen molar-refractivity contribution in [3.63, 3.8) is 0 Å². The number of carbonyl (C=O) groups excluding carboxylic acids is 1. The summed E-state index contributed by atoms with van der Waals surface area (Å²) in [5.74, 6) is 0.244. The molecule has 1 N–H and O–H groups in total. The summed E-state index contributed by atoms with van der Waals surface area (Å²) in [5, 5.41) is 9.51. The molecule has 0 unspecified atom stereocenters. The predicted molar refractivity (Wildman–Crippen MR) is 62.7 cm³/mol. The molecule has 0 aromatic heterocycles. The van der Waals surface area contributed by atoms with Crippen LogP contribution < -0.4 is 0 Å². The number of hydrogen-bond donors (Lipinski definition) is 1. The lowest BCUT2D eigenvalue weighted by Crippen LogP contribution is -2.51. The molecule has 0 saturated carbocycles.